The number of nitrogens with one attached hydrogen (secondary N) is 3. The zero-order valence-electron chi connectivity index (χ0n) is 16.9. The lowest BCUT2D eigenvalue weighted by Gasteiger charge is -2.29. The smallest absolute Gasteiger partial charge is 0.315 e. The molecule has 0 saturated heterocycles. The molecule has 0 aromatic heterocycles. The molecule has 7 nitrogen and oxygen atoms in total. The Kier molecular flexibility index (Phi) is 6.07. The Labute approximate surface area is 176 Å². The van der Waals surface area contributed by atoms with E-state index < -0.39 is 5.54 Å². The summed E-state index contributed by atoms with van der Waals surface area (Å²) in [5, 5.41) is 8.78. The Bertz CT molecular complexity index is 895. The van der Waals surface area contributed by atoms with Crippen LogP contribution in [0.3, 0.4) is 0 Å². The summed E-state index contributed by atoms with van der Waals surface area (Å²) >= 11 is 0. The van der Waals surface area contributed by atoms with Crippen LogP contribution in [0, 0.1) is 0 Å². The Morgan fingerprint density at radius 3 is 2.30 bits per heavy atom. The first-order valence-electron chi connectivity index (χ1n) is 10.4. The fraction of sp³-hybridized carbons (Fsp3) is 0.391. The van der Waals surface area contributed by atoms with E-state index in [0.29, 0.717) is 44.9 Å². The predicted octanol–water partition coefficient (Wildman–Crippen LogP) is 2.89. The summed E-state index contributed by atoms with van der Waals surface area (Å²) in [4.78, 5) is 25.5. The summed E-state index contributed by atoms with van der Waals surface area (Å²) < 4.78 is 11.1. The summed E-state index contributed by atoms with van der Waals surface area (Å²) in [6, 6.07) is 15.0. The van der Waals surface area contributed by atoms with E-state index in [4.69, 9.17) is 9.47 Å². The second-order valence-electron chi connectivity index (χ2n) is 7.74. The van der Waals surface area contributed by atoms with Crippen LogP contribution in [0.4, 0.5) is 4.79 Å². The topological polar surface area (TPSA) is 88.7 Å². The molecule has 1 aliphatic heterocycles. The second kappa shape index (κ2) is 9.07. The zero-order chi connectivity index (χ0) is 20.8. The molecule has 2 aromatic rings. The number of ether oxygens (including phenoxy) is 2. The first kappa shape index (κ1) is 20.1. The SMILES string of the molecule is O=C(NCc1ccccc1)NC1(C(=O)NCc2ccc3c(c2)OCCO3)CCCC1. The monoisotopic (exact) mass is 409 g/mol. The van der Waals surface area contributed by atoms with Crippen molar-refractivity contribution >= 4 is 11.9 Å². The molecule has 4 rings (SSSR count). The Morgan fingerprint density at radius 2 is 1.53 bits per heavy atom. The normalized spacial score (nSPS) is 16.5. The molecule has 1 fully saturated rings. The lowest BCUT2D eigenvalue weighted by atomic mass is 9.96. The van der Waals surface area contributed by atoms with Gasteiger partial charge in [-0.2, -0.15) is 0 Å². The number of amides is 3. The van der Waals surface area contributed by atoms with Gasteiger partial charge < -0.3 is 25.4 Å². The van der Waals surface area contributed by atoms with Crippen LogP contribution in [0.1, 0.15) is 36.8 Å². The van der Waals surface area contributed by atoms with Crippen molar-refractivity contribution < 1.29 is 19.1 Å². The van der Waals surface area contributed by atoms with Gasteiger partial charge in [0.25, 0.3) is 0 Å². The highest BCUT2D eigenvalue weighted by Crippen LogP contribution is 2.32. The molecule has 30 heavy (non-hydrogen) atoms. The number of carbonyl (C=O) groups is 2. The van der Waals surface area contributed by atoms with Crippen LogP contribution in [0.15, 0.2) is 48.5 Å². The van der Waals surface area contributed by atoms with Gasteiger partial charge in [0.15, 0.2) is 11.5 Å². The summed E-state index contributed by atoms with van der Waals surface area (Å²) in [7, 11) is 0. The van der Waals surface area contributed by atoms with Crippen LogP contribution in [-0.2, 0) is 17.9 Å². The molecule has 0 atom stereocenters. The average molecular weight is 409 g/mol. The fourth-order valence-electron chi connectivity index (χ4n) is 3.98. The standard InChI is InChI=1S/C23H27N3O4/c27-21(24-16-18-8-9-19-20(14-18)30-13-12-29-19)23(10-4-5-11-23)26-22(28)25-15-17-6-2-1-3-7-17/h1-3,6-9,14H,4-5,10-13,15-16H2,(H,24,27)(H2,25,26,28). The fourth-order valence-corrected chi connectivity index (χ4v) is 3.98. The van der Waals surface area contributed by atoms with Gasteiger partial charge in [-0.3, -0.25) is 4.79 Å². The van der Waals surface area contributed by atoms with Gasteiger partial charge in [0.05, 0.1) is 0 Å². The molecule has 1 heterocycles. The third-order valence-corrected chi connectivity index (χ3v) is 5.60. The van der Waals surface area contributed by atoms with Crippen molar-refractivity contribution in [2.45, 2.75) is 44.3 Å². The number of carbonyl (C=O) groups excluding carboxylic acids is 2. The van der Waals surface area contributed by atoms with E-state index in [9.17, 15) is 9.59 Å². The van der Waals surface area contributed by atoms with Crippen molar-refractivity contribution in [3.8, 4) is 11.5 Å². The van der Waals surface area contributed by atoms with Crippen LogP contribution >= 0.6 is 0 Å². The van der Waals surface area contributed by atoms with Crippen molar-refractivity contribution in [2.75, 3.05) is 13.2 Å². The first-order valence-corrected chi connectivity index (χ1v) is 10.4. The van der Waals surface area contributed by atoms with Gasteiger partial charge >= 0.3 is 6.03 Å². The predicted molar refractivity (Wildman–Crippen MR) is 112 cm³/mol. The van der Waals surface area contributed by atoms with E-state index in [-0.39, 0.29) is 11.9 Å². The van der Waals surface area contributed by atoms with E-state index in [1.54, 1.807) is 0 Å². The minimum Gasteiger partial charge on any atom is -0.486 e. The van der Waals surface area contributed by atoms with Gasteiger partial charge in [-0.05, 0) is 36.1 Å². The lowest BCUT2D eigenvalue weighted by molar-refractivity contribution is -0.127. The van der Waals surface area contributed by atoms with E-state index in [2.05, 4.69) is 16.0 Å². The molecule has 2 aliphatic rings. The molecule has 158 valence electrons. The van der Waals surface area contributed by atoms with Crippen LogP contribution in [-0.4, -0.2) is 30.7 Å². The number of fused-ring (bicyclic) bond motifs is 1. The minimum atomic E-state index is -0.866. The third kappa shape index (κ3) is 4.67. The summed E-state index contributed by atoms with van der Waals surface area (Å²) in [6.45, 7) is 1.85. The molecular formula is C23H27N3O4. The maximum atomic E-state index is 13.0. The Morgan fingerprint density at radius 1 is 0.833 bits per heavy atom. The van der Waals surface area contributed by atoms with Gasteiger partial charge in [-0.1, -0.05) is 49.2 Å². The largest absolute Gasteiger partial charge is 0.486 e. The van der Waals surface area contributed by atoms with Crippen molar-refractivity contribution in [3.05, 3.63) is 59.7 Å². The molecule has 0 radical (unpaired) electrons. The van der Waals surface area contributed by atoms with Crippen LogP contribution in [0.25, 0.3) is 0 Å². The van der Waals surface area contributed by atoms with E-state index >= 15 is 0 Å². The highest BCUT2D eigenvalue weighted by molar-refractivity contribution is 5.91. The molecule has 3 amide bonds. The van der Waals surface area contributed by atoms with Gasteiger partial charge in [0.1, 0.15) is 18.8 Å². The van der Waals surface area contributed by atoms with Crippen molar-refractivity contribution in [3.63, 3.8) is 0 Å². The van der Waals surface area contributed by atoms with Gasteiger partial charge in [0.2, 0.25) is 5.91 Å². The molecule has 1 saturated carbocycles. The van der Waals surface area contributed by atoms with E-state index in [0.717, 1.165) is 29.7 Å². The van der Waals surface area contributed by atoms with Crippen molar-refractivity contribution in [2.24, 2.45) is 0 Å². The van der Waals surface area contributed by atoms with E-state index in [1.165, 1.54) is 0 Å². The molecule has 0 bridgehead atoms. The maximum Gasteiger partial charge on any atom is 0.315 e. The van der Waals surface area contributed by atoms with Crippen molar-refractivity contribution in [1.82, 2.24) is 16.0 Å². The molecular weight excluding hydrogens is 382 g/mol. The quantitative estimate of drug-likeness (QED) is 0.685. The van der Waals surface area contributed by atoms with Gasteiger partial charge in [0, 0.05) is 13.1 Å². The number of urea groups is 1. The molecule has 7 heteroatoms. The number of hydrogen-bond donors (Lipinski definition) is 3. The molecule has 0 unspecified atom stereocenters. The third-order valence-electron chi connectivity index (χ3n) is 5.60. The molecule has 2 aromatic carbocycles. The maximum absolute atomic E-state index is 13.0. The second-order valence-corrected chi connectivity index (χ2v) is 7.74. The highest BCUT2D eigenvalue weighted by Gasteiger charge is 2.42. The van der Waals surface area contributed by atoms with Crippen LogP contribution in [0.2, 0.25) is 0 Å². The Balaban J connectivity index is 1.34. The molecule has 3 N–H and O–H groups in total. The average Bonchev–Trinajstić information content (AvgIpc) is 3.26. The Hall–Kier alpha value is -3.22. The van der Waals surface area contributed by atoms with Crippen molar-refractivity contribution in [1.29, 1.82) is 0 Å². The van der Waals surface area contributed by atoms with E-state index in [1.807, 2.05) is 48.5 Å². The highest BCUT2D eigenvalue weighted by atomic mass is 16.6. The van der Waals surface area contributed by atoms with Crippen LogP contribution in [0.5, 0.6) is 11.5 Å². The number of benzene rings is 2. The first-order chi connectivity index (χ1) is 14.6. The van der Waals surface area contributed by atoms with Gasteiger partial charge in [-0.25, -0.2) is 4.79 Å². The number of rotatable bonds is 6. The summed E-state index contributed by atoms with van der Waals surface area (Å²) in [5.41, 5.74) is 1.07. The van der Waals surface area contributed by atoms with Gasteiger partial charge in [-0.15, -0.1) is 0 Å². The lowest BCUT2D eigenvalue weighted by Crippen LogP contribution is -2.59. The molecule has 1 aliphatic carbocycles. The van der Waals surface area contributed by atoms with Crippen LogP contribution < -0.4 is 25.4 Å². The summed E-state index contributed by atoms with van der Waals surface area (Å²) in [5.74, 6) is 1.27. The molecule has 0 spiro atoms. The number of hydrogen-bond acceptors (Lipinski definition) is 4. The minimum absolute atomic E-state index is 0.148. The summed E-state index contributed by atoms with van der Waals surface area (Å²) in [6.07, 6.45) is 3.10. The zero-order valence-corrected chi connectivity index (χ0v) is 16.9.